The first-order valence-electron chi connectivity index (χ1n) is 8.55. The second-order valence-corrected chi connectivity index (χ2v) is 6.71. The van der Waals surface area contributed by atoms with Crippen LogP contribution in [0.2, 0.25) is 0 Å². The second-order valence-electron chi connectivity index (χ2n) is 6.71. The molecule has 1 aliphatic carbocycles. The first-order chi connectivity index (χ1) is 13.1. The van der Waals surface area contributed by atoms with E-state index in [0.717, 1.165) is 28.0 Å². The van der Waals surface area contributed by atoms with Crippen molar-refractivity contribution in [2.75, 3.05) is 5.73 Å². The highest BCUT2D eigenvalue weighted by Crippen LogP contribution is 2.42. The van der Waals surface area contributed by atoms with Crippen LogP contribution in [-0.2, 0) is 4.79 Å². The molecule has 2 unspecified atom stereocenters. The number of hydrogen-bond donors (Lipinski definition) is 3. The Bertz CT molecular complexity index is 1250. The van der Waals surface area contributed by atoms with Crippen LogP contribution in [0.4, 0.5) is 5.82 Å². The highest BCUT2D eigenvalue weighted by Gasteiger charge is 2.34. The Morgan fingerprint density at radius 3 is 3.00 bits per heavy atom. The normalized spacial score (nSPS) is 18.9. The van der Waals surface area contributed by atoms with Crippen molar-refractivity contribution >= 4 is 39.9 Å². The van der Waals surface area contributed by atoms with E-state index in [4.69, 9.17) is 5.73 Å². The molecule has 0 aliphatic heterocycles. The fraction of sp³-hybridized carbons (Fsp3) is 0.158. The zero-order valence-corrected chi connectivity index (χ0v) is 14.4. The van der Waals surface area contributed by atoms with E-state index in [9.17, 15) is 9.90 Å². The van der Waals surface area contributed by atoms with Gasteiger partial charge in [-0.3, -0.25) is 4.79 Å². The Morgan fingerprint density at radius 1 is 1.33 bits per heavy atom. The van der Waals surface area contributed by atoms with E-state index < -0.39 is 11.9 Å². The van der Waals surface area contributed by atoms with E-state index >= 15 is 0 Å². The number of carboxylic acids is 1. The molecule has 0 saturated heterocycles. The van der Waals surface area contributed by atoms with Gasteiger partial charge in [-0.1, -0.05) is 13.0 Å². The van der Waals surface area contributed by atoms with Crippen molar-refractivity contribution in [3.05, 3.63) is 48.2 Å². The number of carboxylic acid groups (broad SMARTS) is 1. The number of rotatable bonds is 2. The number of pyridine rings is 1. The molecule has 0 aromatic carbocycles. The molecule has 4 aromatic heterocycles. The lowest BCUT2D eigenvalue weighted by molar-refractivity contribution is -0.140. The Morgan fingerprint density at radius 2 is 2.19 bits per heavy atom. The zero-order valence-electron chi connectivity index (χ0n) is 14.4. The van der Waals surface area contributed by atoms with Gasteiger partial charge in [0.2, 0.25) is 0 Å². The van der Waals surface area contributed by atoms with Crippen LogP contribution in [0, 0.1) is 5.92 Å². The van der Waals surface area contributed by atoms with Crippen LogP contribution < -0.4 is 5.73 Å². The summed E-state index contributed by atoms with van der Waals surface area (Å²) >= 11 is 0. The van der Waals surface area contributed by atoms with Crippen molar-refractivity contribution in [1.29, 1.82) is 0 Å². The molecule has 0 spiro atoms. The molecule has 2 atom stereocenters. The fourth-order valence-corrected chi connectivity index (χ4v) is 3.94. The van der Waals surface area contributed by atoms with Gasteiger partial charge in [-0.2, -0.15) is 0 Å². The summed E-state index contributed by atoms with van der Waals surface area (Å²) in [5.74, 6) is -1.37. The van der Waals surface area contributed by atoms with E-state index in [1.165, 1.54) is 6.33 Å². The van der Waals surface area contributed by atoms with Gasteiger partial charge < -0.3 is 20.4 Å². The average Bonchev–Trinajstić information content (AvgIpc) is 3.24. The number of anilines is 1. The van der Waals surface area contributed by atoms with Crippen LogP contribution in [0.1, 0.15) is 24.1 Å². The van der Waals surface area contributed by atoms with E-state index in [2.05, 4.69) is 19.9 Å². The summed E-state index contributed by atoms with van der Waals surface area (Å²) in [6.45, 7) is 1.90. The quantitative estimate of drug-likeness (QED) is 0.505. The molecule has 27 heavy (non-hydrogen) atoms. The highest BCUT2D eigenvalue weighted by atomic mass is 16.4. The molecule has 4 N–H and O–H groups in total. The molecule has 5 rings (SSSR count). The molecule has 0 saturated carbocycles. The summed E-state index contributed by atoms with van der Waals surface area (Å²) in [5.41, 5.74) is 10.9. The number of nitrogens with two attached hydrogens (primary N) is 1. The highest BCUT2D eigenvalue weighted by molar-refractivity contribution is 5.95. The van der Waals surface area contributed by atoms with Gasteiger partial charge in [0.05, 0.1) is 29.0 Å². The van der Waals surface area contributed by atoms with E-state index in [1.54, 1.807) is 12.3 Å². The van der Waals surface area contributed by atoms with Crippen LogP contribution in [0.5, 0.6) is 0 Å². The maximum Gasteiger partial charge on any atom is 0.310 e. The average molecular weight is 360 g/mol. The Labute approximate surface area is 153 Å². The first kappa shape index (κ1) is 15.6. The van der Waals surface area contributed by atoms with Gasteiger partial charge in [-0.05, 0) is 18.2 Å². The molecule has 8 heteroatoms. The van der Waals surface area contributed by atoms with Gasteiger partial charge in [0, 0.05) is 23.1 Å². The van der Waals surface area contributed by atoms with Gasteiger partial charge in [-0.15, -0.1) is 0 Å². The van der Waals surface area contributed by atoms with Crippen molar-refractivity contribution in [2.45, 2.75) is 12.8 Å². The topological polar surface area (TPSA) is 123 Å². The number of fused-ring (bicyclic) bond motifs is 4. The number of carbonyl (C=O) groups is 1. The lowest BCUT2D eigenvalue weighted by Crippen LogP contribution is -2.21. The van der Waals surface area contributed by atoms with E-state index in [1.807, 2.05) is 35.9 Å². The second kappa shape index (κ2) is 5.41. The minimum Gasteiger partial charge on any atom is -0.481 e. The summed E-state index contributed by atoms with van der Waals surface area (Å²) in [4.78, 5) is 27.8. The number of aromatic nitrogens is 5. The number of hydrogen-bond acceptors (Lipinski definition) is 5. The molecule has 0 fully saturated rings. The third-order valence-electron chi connectivity index (χ3n) is 5.23. The third kappa shape index (κ3) is 2.10. The lowest BCUT2D eigenvalue weighted by Gasteiger charge is -2.22. The number of nitrogens with zero attached hydrogens (tertiary/aromatic N) is 4. The largest absolute Gasteiger partial charge is 0.481 e. The van der Waals surface area contributed by atoms with Crippen molar-refractivity contribution in [1.82, 2.24) is 24.5 Å². The molecule has 0 radical (unpaired) electrons. The van der Waals surface area contributed by atoms with Crippen LogP contribution in [-0.4, -0.2) is 35.6 Å². The van der Waals surface area contributed by atoms with Crippen LogP contribution in [0.15, 0.2) is 36.9 Å². The van der Waals surface area contributed by atoms with Gasteiger partial charge in [0.1, 0.15) is 17.5 Å². The van der Waals surface area contributed by atoms with Crippen LogP contribution in [0.25, 0.3) is 33.8 Å². The monoisotopic (exact) mass is 360 g/mol. The number of nitrogen functional groups attached to an aromatic ring is 1. The van der Waals surface area contributed by atoms with Crippen LogP contribution >= 0.6 is 0 Å². The van der Waals surface area contributed by atoms with Crippen molar-refractivity contribution < 1.29 is 9.90 Å². The fourth-order valence-electron chi connectivity index (χ4n) is 3.94. The first-order valence-corrected chi connectivity index (χ1v) is 8.55. The van der Waals surface area contributed by atoms with Crippen molar-refractivity contribution in [2.24, 2.45) is 5.92 Å². The summed E-state index contributed by atoms with van der Waals surface area (Å²) in [6, 6.07) is 3.95. The predicted octanol–water partition coefficient (Wildman–Crippen LogP) is 2.71. The molecular formula is C19H16N6O2. The maximum absolute atomic E-state index is 11.6. The maximum atomic E-state index is 11.6. The molecule has 134 valence electrons. The number of H-pyrrole nitrogens is 1. The minimum atomic E-state index is -0.859. The van der Waals surface area contributed by atoms with Crippen molar-refractivity contribution in [3.8, 4) is 5.69 Å². The Kier molecular flexibility index (Phi) is 3.12. The predicted molar refractivity (Wildman–Crippen MR) is 102 cm³/mol. The lowest BCUT2D eigenvalue weighted by atomic mass is 9.83. The number of nitrogens with one attached hydrogen (secondary N) is 1. The molecule has 0 bridgehead atoms. The van der Waals surface area contributed by atoms with Gasteiger partial charge in [0.25, 0.3) is 0 Å². The minimum absolute atomic E-state index is 0.246. The molecule has 8 nitrogen and oxygen atoms in total. The summed E-state index contributed by atoms with van der Waals surface area (Å²) in [7, 11) is 0. The zero-order chi connectivity index (χ0) is 18.7. The third-order valence-corrected chi connectivity index (χ3v) is 5.23. The molecule has 4 aromatic rings. The molecule has 1 aliphatic rings. The smallest absolute Gasteiger partial charge is 0.310 e. The Balaban J connectivity index is 1.87. The van der Waals surface area contributed by atoms with E-state index in [-0.39, 0.29) is 5.92 Å². The number of aliphatic carboxylic acids is 1. The van der Waals surface area contributed by atoms with Gasteiger partial charge in [0.15, 0.2) is 5.82 Å². The summed E-state index contributed by atoms with van der Waals surface area (Å²) in [5, 5.41) is 10.5. The number of aromatic amines is 1. The van der Waals surface area contributed by atoms with E-state index in [0.29, 0.717) is 16.9 Å². The SMILES string of the molecule is CC1c2c(n(-c3cnc4[nH]ccc4c3)c3c(N)ncnc23)C=CC1C(=O)O. The molecular weight excluding hydrogens is 344 g/mol. The molecule has 4 heterocycles. The summed E-state index contributed by atoms with van der Waals surface area (Å²) in [6.07, 6.45) is 8.55. The van der Waals surface area contributed by atoms with Gasteiger partial charge in [-0.25, -0.2) is 15.0 Å². The van der Waals surface area contributed by atoms with Crippen molar-refractivity contribution in [3.63, 3.8) is 0 Å². The summed E-state index contributed by atoms with van der Waals surface area (Å²) < 4.78 is 1.96. The van der Waals surface area contributed by atoms with Gasteiger partial charge >= 0.3 is 5.97 Å². The Hall–Kier alpha value is -3.68. The molecule has 0 amide bonds. The standard InChI is InChI=1S/C19H16N6O2/c1-9-12(19(26)27)2-3-13-14(9)15-16(17(20)24-8-23-15)25(13)11-6-10-4-5-21-18(10)22-7-11/h2-9,12H,1H3,(H,21,22)(H,26,27)(H2,20,23,24). The van der Waals surface area contributed by atoms with Crippen LogP contribution in [0.3, 0.4) is 0 Å².